The van der Waals surface area contributed by atoms with Gasteiger partial charge in [-0.3, -0.25) is 9.88 Å². The number of hydrogen-bond donors (Lipinski definition) is 1. The van der Waals surface area contributed by atoms with Crippen molar-refractivity contribution in [3.05, 3.63) is 29.6 Å². The first-order valence-corrected chi connectivity index (χ1v) is 7.89. The lowest BCUT2D eigenvalue weighted by Crippen LogP contribution is -2.42. The van der Waals surface area contributed by atoms with E-state index >= 15 is 0 Å². The van der Waals surface area contributed by atoms with Crippen molar-refractivity contribution in [3.8, 4) is 0 Å². The fraction of sp³-hybridized carbons (Fsp3) is 0.533. The van der Waals surface area contributed by atoms with E-state index in [-0.39, 0.29) is 6.04 Å². The molecule has 6 nitrogen and oxygen atoms in total. The molecule has 1 aliphatic carbocycles. The molecule has 2 heterocycles. The second-order valence-corrected chi connectivity index (χ2v) is 5.62. The molecule has 1 aromatic rings. The zero-order valence-electron chi connectivity index (χ0n) is 12.6. The summed E-state index contributed by atoms with van der Waals surface area (Å²) < 4.78 is 10.7. The molecule has 2 aliphatic rings. The number of hydrogen-bond acceptors (Lipinski definition) is 5. The van der Waals surface area contributed by atoms with Gasteiger partial charge >= 0.3 is 0 Å². The van der Waals surface area contributed by atoms with E-state index in [9.17, 15) is 0 Å². The Morgan fingerprint density at radius 3 is 3.41 bits per heavy atom. The summed E-state index contributed by atoms with van der Waals surface area (Å²) in [5, 5.41) is 3.80. The monoisotopic (exact) mass is 320 g/mol. The Kier molecular flexibility index (Phi) is 4.84. The number of aliphatic imine (C=N–C) groups is 1. The zero-order valence-corrected chi connectivity index (χ0v) is 13.4. The number of thiocarbonyl (C=S) groups is 1. The standard InChI is InChI=1S/C15H20N4O2S/c1-20-9-7-17-15(22)19-8-10-21-14(19)18-13-5-4-12-11(13)3-2-6-16-12/h2-3,6,13H,4-5,7-10H2,1H3,(H,17,22)/b18-14-. The van der Waals surface area contributed by atoms with Gasteiger partial charge in [-0.25, -0.2) is 4.99 Å². The summed E-state index contributed by atoms with van der Waals surface area (Å²) in [6.07, 6.45) is 3.77. The van der Waals surface area contributed by atoms with E-state index in [0.29, 0.717) is 30.9 Å². The van der Waals surface area contributed by atoms with Crippen LogP contribution in [0.3, 0.4) is 0 Å². The fourth-order valence-corrected chi connectivity index (χ4v) is 2.98. The third-order valence-corrected chi connectivity index (χ3v) is 4.17. The Labute approximate surface area is 135 Å². The van der Waals surface area contributed by atoms with Gasteiger partial charge < -0.3 is 14.8 Å². The van der Waals surface area contributed by atoms with Gasteiger partial charge in [0, 0.05) is 25.5 Å². The number of nitrogens with one attached hydrogen (secondary N) is 1. The molecule has 0 bridgehead atoms. The number of methoxy groups -OCH3 is 1. The topological polar surface area (TPSA) is 59.0 Å². The number of aromatic nitrogens is 1. The number of nitrogens with zero attached hydrogens (tertiary/aromatic N) is 3. The quantitative estimate of drug-likeness (QED) is 0.666. The van der Waals surface area contributed by atoms with E-state index in [0.717, 1.165) is 25.1 Å². The molecule has 0 saturated carbocycles. The Morgan fingerprint density at radius 1 is 1.64 bits per heavy atom. The molecule has 1 aliphatic heterocycles. The molecule has 1 N–H and O–H groups in total. The second kappa shape index (κ2) is 7.02. The highest BCUT2D eigenvalue weighted by Crippen LogP contribution is 2.33. The molecule has 0 radical (unpaired) electrons. The van der Waals surface area contributed by atoms with Gasteiger partial charge in [0.25, 0.3) is 6.02 Å². The molecule has 0 aromatic carbocycles. The van der Waals surface area contributed by atoms with Gasteiger partial charge in [0.2, 0.25) is 0 Å². The summed E-state index contributed by atoms with van der Waals surface area (Å²) >= 11 is 5.41. The van der Waals surface area contributed by atoms with Gasteiger partial charge in [-0.15, -0.1) is 0 Å². The predicted octanol–water partition coefficient (Wildman–Crippen LogP) is 1.28. The van der Waals surface area contributed by atoms with E-state index in [4.69, 9.17) is 26.7 Å². The lowest BCUT2D eigenvalue weighted by atomic mass is 10.1. The largest absolute Gasteiger partial charge is 0.463 e. The minimum Gasteiger partial charge on any atom is -0.463 e. The molecule has 1 atom stereocenters. The van der Waals surface area contributed by atoms with E-state index < -0.39 is 0 Å². The molecular weight excluding hydrogens is 300 g/mol. The number of ether oxygens (including phenoxy) is 2. The highest BCUT2D eigenvalue weighted by molar-refractivity contribution is 7.80. The lowest BCUT2D eigenvalue weighted by Gasteiger charge is -2.19. The van der Waals surface area contributed by atoms with E-state index in [1.54, 1.807) is 7.11 Å². The molecule has 1 fully saturated rings. The summed E-state index contributed by atoms with van der Waals surface area (Å²) in [4.78, 5) is 11.1. The summed E-state index contributed by atoms with van der Waals surface area (Å²) in [6.45, 7) is 2.63. The predicted molar refractivity (Wildman–Crippen MR) is 87.9 cm³/mol. The van der Waals surface area contributed by atoms with Gasteiger partial charge in [-0.1, -0.05) is 6.07 Å². The van der Waals surface area contributed by atoms with Crippen molar-refractivity contribution in [3.63, 3.8) is 0 Å². The second-order valence-electron chi connectivity index (χ2n) is 5.23. The molecule has 1 unspecified atom stereocenters. The first-order chi connectivity index (χ1) is 10.8. The Hall–Kier alpha value is -1.73. The Balaban J connectivity index is 1.69. The average Bonchev–Trinajstić information content (AvgIpc) is 3.15. The van der Waals surface area contributed by atoms with Crippen molar-refractivity contribution < 1.29 is 9.47 Å². The van der Waals surface area contributed by atoms with Crippen LogP contribution in [0.4, 0.5) is 0 Å². The van der Waals surface area contributed by atoms with Gasteiger partial charge in [-0.05, 0) is 36.7 Å². The van der Waals surface area contributed by atoms with Gasteiger partial charge in [0.15, 0.2) is 5.11 Å². The van der Waals surface area contributed by atoms with Crippen LogP contribution in [0, 0.1) is 0 Å². The van der Waals surface area contributed by atoms with Crippen molar-refractivity contribution in [1.82, 2.24) is 15.2 Å². The van der Waals surface area contributed by atoms with Crippen LogP contribution in [-0.2, 0) is 15.9 Å². The third-order valence-electron chi connectivity index (χ3n) is 3.81. The van der Waals surface area contributed by atoms with Crippen molar-refractivity contribution >= 4 is 23.4 Å². The minimum atomic E-state index is 0.112. The summed E-state index contributed by atoms with van der Waals surface area (Å²) in [7, 11) is 1.67. The molecule has 3 rings (SSSR count). The highest BCUT2D eigenvalue weighted by Gasteiger charge is 2.28. The molecule has 7 heteroatoms. The first kappa shape index (κ1) is 15.2. The summed E-state index contributed by atoms with van der Waals surface area (Å²) in [5.41, 5.74) is 2.34. The maximum atomic E-state index is 5.67. The molecule has 0 amide bonds. The Bertz CT molecular complexity index is 578. The maximum absolute atomic E-state index is 5.67. The van der Waals surface area contributed by atoms with Crippen LogP contribution in [0.5, 0.6) is 0 Å². The van der Waals surface area contributed by atoms with E-state index in [1.807, 2.05) is 17.2 Å². The number of rotatable bonds is 4. The van der Waals surface area contributed by atoms with E-state index in [2.05, 4.69) is 16.4 Å². The van der Waals surface area contributed by atoms with Crippen LogP contribution < -0.4 is 5.32 Å². The van der Waals surface area contributed by atoms with Crippen molar-refractivity contribution in [2.24, 2.45) is 4.99 Å². The molecule has 1 saturated heterocycles. The first-order valence-electron chi connectivity index (χ1n) is 7.48. The van der Waals surface area contributed by atoms with Gasteiger partial charge in [0.1, 0.15) is 6.61 Å². The Morgan fingerprint density at radius 2 is 2.55 bits per heavy atom. The molecular formula is C15H20N4O2S. The van der Waals surface area contributed by atoms with Crippen LogP contribution in [-0.4, -0.2) is 54.4 Å². The molecule has 118 valence electrons. The van der Waals surface area contributed by atoms with Crippen LogP contribution >= 0.6 is 12.2 Å². The van der Waals surface area contributed by atoms with Crippen LogP contribution in [0.2, 0.25) is 0 Å². The number of aryl methyl sites for hydroxylation is 1. The van der Waals surface area contributed by atoms with Crippen LogP contribution in [0.15, 0.2) is 23.3 Å². The average molecular weight is 320 g/mol. The maximum Gasteiger partial charge on any atom is 0.294 e. The van der Waals surface area contributed by atoms with Gasteiger partial charge in [-0.2, -0.15) is 0 Å². The van der Waals surface area contributed by atoms with Crippen LogP contribution in [0.25, 0.3) is 0 Å². The van der Waals surface area contributed by atoms with E-state index in [1.165, 1.54) is 5.56 Å². The van der Waals surface area contributed by atoms with Crippen molar-refractivity contribution in [1.29, 1.82) is 0 Å². The fourth-order valence-electron chi connectivity index (χ4n) is 2.71. The summed E-state index contributed by atoms with van der Waals surface area (Å²) in [5.74, 6) is 0. The highest BCUT2D eigenvalue weighted by atomic mass is 32.1. The molecule has 0 spiro atoms. The lowest BCUT2D eigenvalue weighted by molar-refractivity contribution is 0.203. The third kappa shape index (κ3) is 3.20. The smallest absolute Gasteiger partial charge is 0.294 e. The molecule has 22 heavy (non-hydrogen) atoms. The SMILES string of the molecule is COCCNC(=S)N1CCO/C1=N\C1CCc2ncccc21. The van der Waals surface area contributed by atoms with Crippen LogP contribution in [0.1, 0.15) is 23.7 Å². The number of fused-ring (bicyclic) bond motifs is 1. The number of pyridine rings is 1. The summed E-state index contributed by atoms with van der Waals surface area (Å²) in [6, 6.07) is 4.78. The number of amidine groups is 1. The zero-order chi connectivity index (χ0) is 15.4. The van der Waals surface area contributed by atoms with Gasteiger partial charge in [0.05, 0.1) is 19.2 Å². The minimum absolute atomic E-state index is 0.112. The molecule has 1 aromatic heterocycles. The van der Waals surface area contributed by atoms with Crippen molar-refractivity contribution in [2.45, 2.75) is 18.9 Å². The van der Waals surface area contributed by atoms with Crippen molar-refractivity contribution in [2.75, 3.05) is 33.4 Å². The normalized spacial score (nSPS) is 21.8.